The van der Waals surface area contributed by atoms with E-state index in [1.165, 1.54) is 11.1 Å². The topological polar surface area (TPSA) is 21.7 Å². The van der Waals surface area contributed by atoms with Crippen LogP contribution >= 0.6 is 0 Å². The van der Waals surface area contributed by atoms with Crippen LogP contribution in [0.5, 0.6) is 5.75 Å². The van der Waals surface area contributed by atoms with Crippen LogP contribution in [-0.2, 0) is 17.7 Å². The first-order valence-corrected chi connectivity index (χ1v) is 5.70. The lowest BCUT2D eigenvalue weighted by atomic mass is 9.99. The second-order valence-corrected chi connectivity index (χ2v) is 4.15. The molecule has 0 spiro atoms. The Hall–Kier alpha value is -1.06. The SMILES string of the molecule is COCCN1CCc2ccc(OC)cc2C1. The van der Waals surface area contributed by atoms with Crippen LogP contribution < -0.4 is 4.74 Å². The zero-order valence-electron chi connectivity index (χ0n) is 10.0. The highest BCUT2D eigenvalue weighted by Crippen LogP contribution is 2.23. The van der Waals surface area contributed by atoms with E-state index < -0.39 is 0 Å². The maximum Gasteiger partial charge on any atom is 0.119 e. The normalized spacial score (nSPS) is 15.9. The Balaban J connectivity index is 2.06. The molecule has 0 aromatic heterocycles. The summed E-state index contributed by atoms with van der Waals surface area (Å²) in [4.78, 5) is 2.42. The summed E-state index contributed by atoms with van der Waals surface area (Å²) in [7, 11) is 3.47. The minimum atomic E-state index is 0.805. The standard InChI is InChI=1S/C13H19NO2/c1-15-8-7-14-6-5-11-3-4-13(16-2)9-12(11)10-14/h3-4,9H,5-8,10H2,1-2H3. The lowest BCUT2D eigenvalue weighted by Gasteiger charge is -2.28. The molecule has 0 bridgehead atoms. The Morgan fingerprint density at radius 3 is 2.88 bits per heavy atom. The van der Waals surface area contributed by atoms with Crippen molar-refractivity contribution < 1.29 is 9.47 Å². The zero-order valence-corrected chi connectivity index (χ0v) is 10.0. The molecule has 16 heavy (non-hydrogen) atoms. The zero-order chi connectivity index (χ0) is 11.4. The van der Waals surface area contributed by atoms with E-state index in [0.717, 1.165) is 38.4 Å². The van der Waals surface area contributed by atoms with Gasteiger partial charge in [-0.3, -0.25) is 4.90 Å². The fourth-order valence-corrected chi connectivity index (χ4v) is 2.13. The van der Waals surface area contributed by atoms with Crippen molar-refractivity contribution in [2.45, 2.75) is 13.0 Å². The van der Waals surface area contributed by atoms with Crippen LogP contribution in [-0.4, -0.2) is 38.8 Å². The van der Waals surface area contributed by atoms with E-state index in [-0.39, 0.29) is 0 Å². The molecule has 0 saturated heterocycles. The highest BCUT2D eigenvalue weighted by atomic mass is 16.5. The fraction of sp³-hybridized carbons (Fsp3) is 0.538. The predicted molar refractivity (Wildman–Crippen MR) is 63.9 cm³/mol. The maximum atomic E-state index is 5.25. The van der Waals surface area contributed by atoms with E-state index in [1.54, 1.807) is 14.2 Å². The Kier molecular flexibility index (Phi) is 3.80. The van der Waals surface area contributed by atoms with Crippen LogP contribution in [0.15, 0.2) is 18.2 Å². The summed E-state index contributed by atoms with van der Waals surface area (Å²) < 4.78 is 10.4. The molecule has 0 amide bonds. The molecule has 0 unspecified atom stereocenters. The van der Waals surface area contributed by atoms with Crippen LogP contribution in [0, 0.1) is 0 Å². The third-order valence-corrected chi connectivity index (χ3v) is 3.12. The van der Waals surface area contributed by atoms with Crippen LogP contribution in [0.1, 0.15) is 11.1 Å². The van der Waals surface area contributed by atoms with Crippen molar-refractivity contribution >= 4 is 0 Å². The lowest BCUT2D eigenvalue weighted by Crippen LogP contribution is -2.33. The van der Waals surface area contributed by atoms with Crippen molar-refractivity contribution in [2.75, 3.05) is 33.9 Å². The quantitative estimate of drug-likeness (QED) is 0.772. The minimum Gasteiger partial charge on any atom is -0.497 e. The van der Waals surface area contributed by atoms with Gasteiger partial charge in [0.15, 0.2) is 0 Å². The minimum absolute atomic E-state index is 0.805. The molecule has 0 N–H and O–H groups in total. The van der Waals surface area contributed by atoms with Crippen LogP contribution in [0.25, 0.3) is 0 Å². The molecule has 88 valence electrons. The monoisotopic (exact) mass is 221 g/mol. The summed E-state index contributed by atoms with van der Waals surface area (Å²) in [5, 5.41) is 0. The van der Waals surface area contributed by atoms with Crippen molar-refractivity contribution in [3.05, 3.63) is 29.3 Å². The van der Waals surface area contributed by atoms with Gasteiger partial charge in [-0.15, -0.1) is 0 Å². The highest BCUT2D eigenvalue weighted by Gasteiger charge is 2.16. The van der Waals surface area contributed by atoms with E-state index in [2.05, 4.69) is 17.0 Å². The summed E-state index contributed by atoms with van der Waals surface area (Å²) in [6.45, 7) is 3.95. The van der Waals surface area contributed by atoms with Gasteiger partial charge in [-0.2, -0.15) is 0 Å². The molecular weight excluding hydrogens is 202 g/mol. The van der Waals surface area contributed by atoms with E-state index in [1.807, 2.05) is 6.07 Å². The molecule has 1 heterocycles. The molecule has 2 rings (SSSR count). The van der Waals surface area contributed by atoms with Crippen molar-refractivity contribution in [3.63, 3.8) is 0 Å². The predicted octanol–water partition coefficient (Wildman–Crippen LogP) is 1.70. The van der Waals surface area contributed by atoms with E-state index in [0.29, 0.717) is 0 Å². The first-order chi connectivity index (χ1) is 7.83. The van der Waals surface area contributed by atoms with Gasteiger partial charge in [0.1, 0.15) is 5.75 Å². The molecule has 0 saturated carbocycles. The summed E-state index contributed by atoms with van der Waals surface area (Å²) in [5.74, 6) is 0.951. The largest absolute Gasteiger partial charge is 0.497 e. The second kappa shape index (κ2) is 5.32. The van der Waals surface area contributed by atoms with Gasteiger partial charge in [-0.25, -0.2) is 0 Å². The summed E-state index contributed by atoms with van der Waals surface area (Å²) in [5.41, 5.74) is 2.84. The second-order valence-electron chi connectivity index (χ2n) is 4.15. The third kappa shape index (κ3) is 2.54. The first kappa shape index (κ1) is 11.4. The van der Waals surface area contributed by atoms with Crippen LogP contribution in [0.4, 0.5) is 0 Å². The molecule has 0 aliphatic carbocycles. The number of benzene rings is 1. The van der Waals surface area contributed by atoms with Crippen molar-refractivity contribution in [2.24, 2.45) is 0 Å². The molecule has 1 aromatic carbocycles. The Labute approximate surface area is 97.0 Å². The average molecular weight is 221 g/mol. The first-order valence-electron chi connectivity index (χ1n) is 5.70. The number of methoxy groups -OCH3 is 2. The van der Waals surface area contributed by atoms with Crippen LogP contribution in [0.2, 0.25) is 0 Å². The summed E-state index contributed by atoms with van der Waals surface area (Å²) >= 11 is 0. The molecule has 3 heteroatoms. The maximum absolute atomic E-state index is 5.25. The smallest absolute Gasteiger partial charge is 0.119 e. The van der Waals surface area contributed by atoms with E-state index in [9.17, 15) is 0 Å². The Morgan fingerprint density at radius 2 is 2.12 bits per heavy atom. The average Bonchev–Trinajstić information content (AvgIpc) is 2.35. The number of ether oxygens (including phenoxy) is 2. The number of rotatable bonds is 4. The van der Waals surface area contributed by atoms with Crippen LogP contribution in [0.3, 0.4) is 0 Å². The van der Waals surface area contributed by atoms with Gasteiger partial charge in [-0.05, 0) is 29.7 Å². The molecule has 0 radical (unpaired) electrons. The summed E-state index contributed by atoms with van der Waals surface area (Å²) in [6, 6.07) is 6.37. The van der Waals surface area contributed by atoms with Gasteiger partial charge in [0.2, 0.25) is 0 Å². The van der Waals surface area contributed by atoms with Gasteiger partial charge in [-0.1, -0.05) is 6.07 Å². The molecule has 1 aliphatic rings. The van der Waals surface area contributed by atoms with E-state index >= 15 is 0 Å². The van der Waals surface area contributed by atoms with Crippen molar-refractivity contribution in [1.82, 2.24) is 4.90 Å². The molecular formula is C13H19NO2. The number of hydrogen-bond donors (Lipinski definition) is 0. The number of fused-ring (bicyclic) bond motifs is 1. The Morgan fingerprint density at radius 1 is 1.25 bits per heavy atom. The third-order valence-electron chi connectivity index (χ3n) is 3.12. The Bertz CT molecular complexity index is 352. The molecule has 0 atom stereocenters. The number of hydrogen-bond acceptors (Lipinski definition) is 3. The van der Waals surface area contributed by atoms with E-state index in [4.69, 9.17) is 9.47 Å². The highest BCUT2D eigenvalue weighted by molar-refractivity contribution is 5.37. The molecule has 1 aromatic rings. The van der Waals surface area contributed by atoms with Crippen molar-refractivity contribution in [3.8, 4) is 5.75 Å². The molecule has 1 aliphatic heterocycles. The fourth-order valence-electron chi connectivity index (χ4n) is 2.13. The molecule has 3 nitrogen and oxygen atoms in total. The van der Waals surface area contributed by atoms with Crippen molar-refractivity contribution in [1.29, 1.82) is 0 Å². The van der Waals surface area contributed by atoms with Gasteiger partial charge in [0, 0.05) is 26.7 Å². The molecule has 0 fully saturated rings. The van der Waals surface area contributed by atoms with Gasteiger partial charge >= 0.3 is 0 Å². The van der Waals surface area contributed by atoms with Gasteiger partial charge in [0.05, 0.1) is 13.7 Å². The van der Waals surface area contributed by atoms with Gasteiger partial charge < -0.3 is 9.47 Å². The summed E-state index contributed by atoms with van der Waals surface area (Å²) in [6.07, 6.45) is 1.13. The van der Waals surface area contributed by atoms with Gasteiger partial charge in [0.25, 0.3) is 0 Å². The lowest BCUT2D eigenvalue weighted by molar-refractivity contribution is 0.140. The number of nitrogens with zero attached hydrogens (tertiary/aromatic N) is 1.